The van der Waals surface area contributed by atoms with E-state index < -0.39 is 0 Å². The van der Waals surface area contributed by atoms with Gasteiger partial charge in [-0.2, -0.15) is 4.73 Å². The monoisotopic (exact) mass is 436 g/mol. The van der Waals surface area contributed by atoms with Crippen molar-refractivity contribution in [3.8, 4) is 16.9 Å². The average Bonchev–Trinajstić information content (AvgIpc) is 3.59. The predicted molar refractivity (Wildman–Crippen MR) is 125 cm³/mol. The van der Waals surface area contributed by atoms with Gasteiger partial charge in [0.25, 0.3) is 0 Å². The molecule has 1 aliphatic rings. The van der Waals surface area contributed by atoms with Crippen molar-refractivity contribution in [3.05, 3.63) is 111 Å². The van der Waals surface area contributed by atoms with Crippen LogP contribution in [0.3, 0.4) is 0 Å². The number of aromatic amines is 3. The van der Waals surface area contributed by atoms with Crippen LogP contribution in [0.15, 0.2) is 66.7 Å². The first kappa shape index (κ1) is 18.9. The summed E-state index contributed by atoms with van der Waals surface area (Å²) in [7, 11) is 0. The molecule has 33 heavy (non-hydrogen) atoms. The number of nitrogens with zero attached hydrogens (tertiary/aromatic N) is 1. The lowest BCUT2D eigenvalue weighted by Gasteiger charge is -1.99. The molecule has 0 spiro atoms. The largest absolute Gasteiger partial charge is 0.505 e. The Morgan fingerprint density at radius 3 is 2.00 bits per heavy atom. The second-order valence-corrected chi connectivity index (χ2v) is 7.98. The molecule has 0 unspecified atom stereocenters. The minimum absolute atomic E-state index is 0.0962. The van der Waals surface area contributed by atoms with Crippen LogP contribution in [0.2, 0.25) is 0 Å². The van der Waals surface area contributed by atoms with Crippen LogP contribution < -0.4 is 21.4 Å². The number of H-pyrrole nitrogens is 3. The summed E-state index contributed by atoms with van der Waals surface area (Å²) in [4.78, 5) is 9.78. The Hall–Kier alpha value is -4.78. The minimum atomic E-state index is -0.272. The molecule has 6 rings (SSSR count). The normalized spacial score (nSPS) is 12.7. The van der Waals surface area contributed by atoms with Gasteiger partial charge in [0.05, 0.1) is 16.6 Å². The predicted octanol–water partition coefficient (Wildman–Crippen LogP) is 1.60. The molecule has 162 valence electrons. The molecule has 1 aliphatic heterocycles. The number of hydrogen-bond acceptors (Lipinski definition) is 3. The number of fused-ring (bicyclic) bond motifs is 8. The highest BCUT2D eigenvalue weighted by atomic mass is 16.5. The first-order valence-corrected chi connectivity index (χ1v) is 10.5. The van der Waals surface area contributed by atoms with E-state index in [9.17, 15) is 15.4 Å². The third-order valence-corrected chi connectivity index (χ3v) is 5.78. The Bertz CT molecular complexity index is 1750. The molecule has 5 heterocycles. The average molecular weight is 436 g/mol. The number of rotatable bonds is 1. The van der Waals surface area contributed by atoms with Crippen molar-refractivity contribution in [2.45, 2.75) is 0 Å². The van der Waals surface area contributed by atoms with E-state index in [1.54, 1.807) is 12.1 Å². The number of aromatic nitrogens is 4. The fraction of sp³-hybridized carbons (Fsp3) is 0. The van der Waals surface area contributed by atoms with Gasteiger partial charge in [-0.05, 0) is 60.2 Å². The molecule has 0 aliphatic carbocycles. The summed E-state index contributed by atoms with van der Waals surface area (Å²) < 4.78 is 0.823. The van der Waals surface area contributed by atoms with Crippen molar-refractivity contribution in [2.75, 3.05) is 0 Å². The molecule has 8 bridgehead atoms. The van der Waals surface area contributed by atoms with Gasteiger partial charge in [0.1, 0.15) is 0 Å². The second kappa shape index (κ2) is 7.13. The number of aliphatic hydroxyl groups excluding tert-OH is 1. The second-order valence-electron chi connectivity index (χ2n) is 7.98. The molecule has 0 amide bonds. The van der Waals surface area contributed by atoms with E-state index in [0.717, 1.165) is 32.5 Å². The molecule has 1 aromatic carbocycles. The summed E-state index contributed by atoms with van der Waals surface area (Å²) in [5.41, 5.74) is 3.84. The maximum atomic E-state index is 11.2. The van der Waals surface area contributed by atoms with E-state index in [4.69, 9.17) is 0 Å². The van der Waals surface area contributed by atoms with E-state index in [0.29, 0.717) is 22.2 Å². The molecule has 0 radical (unpaired) electrons. The first-order valence-electron chi connectivity index (χ1n) is 10.5. The van der Waals surface area contributed by atoms with Gasteiger partial charge in [-0.15, -0.1) is 0 Å². The number of aliphatic hydroxyl groups is 1. The van der Waals surface area contributed by atoms with Crippen molar-refractivity contribution in [1.82, 2.24) is 19.7 Å². The topological polar surface area (TPSA) is 113 Å². The Morgan fingerprint density at radius 2 is 1.27 bits per heavy atom. The SMILES string of the molecule is OC1=c2c(O)c(-c3ccccc3)c(n2O)=Cc2ccc([nH]2)C=c2ccc([nH]2)=Cc2ccc1[nH]2. The van der Waals surface area contributed by atoms with Gasteiger partial charge < -0.3 is 30.4 Å². The summed E-state index contributed by atoms with van der Waals surface area (Å²) in [6.45, 7) is 0. The third kappa shape index (κ3) is 3.14. The van der Waals surface area contributed by atoms with E-state index in [1.807, 2.05) is 72.8 Å². The molecular formula is C26H20N4O3. The van der Waals surface area contributed by atoms with Crippen LogP contribution in [-0.4, -0.2) is 35.1 Å². The Labute approximate surface area is 187 Å². The van der Waals surface area contributed by atoms with E-state index in [-0.39, 0.29) is 16.9 Å². The zero-order valence-electron chi connectivity index (χ0n) is 17.4. The fourth-order valence-electron chi connectivity index (χ4n) is 4.24. The first-order chi connectivity index (χ1) is 16.1. The van der Waals surface area contributed by atoms with Gasteiger partial charge in [0.15, 0.2) is 16.9 Å². The highest BCUT2D eigenvalue weighted by molar-refractivity contribution is 5.75. The summed E-state index contributed by atoms with van der Waals surface area (Å²) in [6.07, 6.45) is 5.63. The van der Waals surface area contributed by atoms with Gasteiger partial charge in [-0.25, -0.2) is 0 Å². The summed E-state index contributed by atoms with van der Waals surface area (Å²) in [5, 5.41) is 35.4. The molecule has 0 atom stereocenters. The van der Waals surface area contributed by atoms with Crippen LogP contribution in [-0.2, 0) is 0 Å². The van der Waals surface area contributed by atoms with Crippen LogP contribution in [0.5, 0.6) is 5.75 Å². The van der Waals surface area contributed by atoms with Crippen molar-refractivity contribution in [2.24, 2.45) is 0 Å². The number of aromatic hydroxyl groups is 1. The number of nitrogens with one attached hydrogen (secondary N) is 3. The highest BCUT2D eigenvalue weighted by Crippen LogP contribution is 2.24. The Morgan fingerprint density at radius 1 is 0.636 bits per heavy atom. The number of benzene rings is 1. The van der Waals surface area contributed by atoms with E-state index in [2.05, 4.69) is 15.0 Å². The van der Waals surface area contributed by atoms with Gasteiger partial charge in [-0.1, -0.05) is 30.3 Å². The minimum Gasteiger partial charge on any atom is -0.505 e. The smallest absolute Gasteiger partial charge is 0.170 e. The third-order valence-electron chi connectivity index (χ3n) is 5.78. The molecule has 0 saturated heterocycles. The van der Waals surface area contributed by atoms with E-state index >= 15 is 0 Å². The quantitative estimate of drug-likeness (QED) is 0.224. The Kier molecular flexibility index (Phi) is 4.10. The zero-order chi connectivity index (χ0) is 22.5. The zero-order valence-corrected chi connectivity index (χ0v) is 17.4. The summed E-state index contributed by atoms with van der Waals surface area (Å²) in [5.74, 6) is -0.491. The Balaban J connectivity index is 1.75. The van der Waals surface area contributed by atoms with Gasteiger partial charge in [-0.3, -0.25) is 0 Å². The molecule has 7 nitrogen and oxygen atoms in total. The molecular weight excluding hydrogens is 416 g/mol. The van der Waals surface area contributed by atoms with Gasteiger partial charge in [0, 0.05) is 27.8 Å². The molecule has 0 fully saturated rings. The van der Waals surface area contributed by atoms with Crippen LogP contribution >= 0.6 is 0 Å². The van der Waals surface area contributed by atoms with Crippen molar-refractivity contribution in [3.63, 3.8) is 0 Å². The van der Waals surface area contributed by atoms with E-state index in [1.165, 1.54) is 0 Å². The maximum Gasteiger partial charge on any atom is 0.170 e. The maximum absolute atomic E-state index is 11.2. The molecule has 0 saturated carbocycles. The van der Waals surface area contributed by atoms with Crippen molar-refractivity contribution in [1.29, 1.82) is 0 Å². The lowest BCUT2D eigenvalue weighted by atomic mass is 10.1. The molecule has 6 N–H and O–H groups in total. The molecule has 7 heteroatoms. The molecule has 4 aromatic heterocycles. The summed E-state index contributed by atoms with van der Waals surface area (Å²) >= 11 is 0. The van der Waals surface area contributed by atoms with Crippen LogP contribution in [0, 0.1) is 0 Å². The van der Waals surface area contributed by atoms with Crippen molar-refractivity contribution < 1.29 is 15.4 Å². The van der Waals surface area contributed by atoms with Gasteiger partial charge in [0.2, 0.25) is 0 Å². The standard InChI is InChI=1S/C26H20N4O3/c31-25-21-11-10-19(29-21)13-18-7-6-16(27-18)12-17-8-9-20(28-17)14-22-23(15-4-2-1-3-5-15)26(32)24(25)30(22)33/h1-14,27-29,31-33H. The molecule has 5 aromatic rings. The summed E-state index contributed by atoms with van der Waals surface area (Å²) in [6, 6.07) is 20.5. The van der Waals surface area contributed by atoms with Gasteiger partial charge >= 0.3 is 0 Å². The highest BCUT2D eigenvalue weighted by Gasteiger charge is 2.20. The fourth-order valence-corrected chi connectivity index (χ4v) is 4.24. The van der Waals surface area contributed by atoms with Crippen LogP contribution in [0.25, 0.3) is 35.1 Å². The van der Waals surface area contributed by atoms with Crippen LogP contribution in [0.4, 0.5) is 0 Å². The van der Waals surface area contributed by atoms with Crippen LogP contribution in [0.1, 0.15) is 22.8 Å². The van der Waals surface area contributed by atoms with Crippen molar-refractivity contribution >= 4 is 24.0 Å². The number of hydrogen-bond donors (Lipinski definition) is 6. The lowest BCUT2D eigenvalue weighted by Crippen LogP contribution is -2.27. The lowest BCUT2D eigenvalue weighted by molar-refractivity contribution is 0.167.